The summed E-state index contributed by atoms with van der Waals surface area (Å²) in [5.41, 5.74) is 0.217. The van der Waals surface area contributed by atoms with E-state index < -0.39 is 6.04 Å². The topological polar surface area (TPSA) is 79.3 Å². The van der Waals surface area contributed by atoms with E-state index >= 15 is 0 Å². The fourth-order valence-corrected chi connectivity index (χ4v) is 2.38. The molecular formula is C15H25N5O2. The molecule has 22 heavy (non-hydrogen) atoms. The number of hydrogen-bond donors (Lipinski definition) is 2. The van der Waals surface area contributed by atoms with Gasteiger partial charge in [-0.2, -0.15) is 5.10 Å². The van der Waals surface area contributed by atoms with E-state index in [-0.39, 0.29) is 17.0 Å². The molecule has 1 fully saturated rings. The number of carbonyl (C=O) groups is 1. The number of amides is 1. The van der Waals surface area contributed by atoms with E-state index in [1.54, 1.807) is 19.2 Å². The number of anilines is 1. The maximum Gasteiger partial charge on any atom is 0.269 e. The Morgan fingerprint density at radius 2 is 2.00 bits per heavy atom. The fourth-order valence-electron chi connectivity index (χ4n) is 2.38. The van der Waals surface area contributed by atoms with Crippen LogP contribution in [0.2, 0.25) is 0 Å². The average Bonchev–Trinajstić information content (AvgIpc) is 2.45. The number of nitrogens with zero attached hydrogens (tertiary/aromatic N) is 3. The first-order valence-corrected chi connectivity index (χ1v) is 7.64. The summed E-state index contributed by atoms with van der Waals surface area (Å²) >= 11 is 0. The van der Waals surface area contributed by atoms with Gasteiger partial charge >= 0.3 is 0 Å². The van der Waals surface area contributed by atoms with E-state index in [4.69, 9.17) is 0 Å². The molecule has 1 unspecified atom stereocenters. The van der Waals surface area contributed by atoms with Gasteiger partial charge in [-0.1, -0.05) is 0 Å². The lowest BCUT2D eigenvalue weighted by Gasteiger charge is -2.29. The van der Waals surface area contributed by atoms with Crippen LogP contribution in [0.5, 0.6) is 0 Å². The summed E-state index contributed by atoms with van der Waals surface area (Å²) in [7, 11) is 0. The van der Waals surface area contributed by atoms with Gasteiger partial charge in [0.2, 0.25) is 5.91 Å². The van der Waals surface area contributed by atoms with Crippen molar-refractivity contribution in [2.75, 3.05) is 31.1 Å². The van der Waals surface area contributed by atoms with Crippen molar-refractivity contribution in [1.29, 1.82) is 0 Å². The van der Waals surface area contributed by atoms with Crippen LogP contribution in [0.4, 0.5) is 5.69 Å². The van der Waals surface area contributed by atoms with Gasteiger partial charge < -0.3 is 15.5 Å². The minimum Gasteiger partial charge on any atom is -0.368 e. The number of rotatable bonds is 3. The molecular weight excluding hydrogens is 282 g/mol. The van der Waals surface area contributed by atoms with Gasteiger partial charge in [0.25, 0.3) is 5.56 Å². The Kier molecular flexibility index (Phi) is 4.85. The summed E-state index contributed by atoms with van der Waals surface area (Å²) < 4.78 is 1.23. The van der Waals surface area contributed by atoms with Crippen molar-refractivity contribution >= 4 is 11.6 Å². The normalized spacial score (nSPS) is 17.2. The summed E-state index contributed by atoms with van der Waals surface area (Å²) in [4.78, 5) is 26.6. The van der Waals surface area contributed by atoms with E-state index in [0.717, 1.165) is 31.9 Å². The van der Waals surface area contributed by atoms with Crippen LogP contribution in [-0.2, 0) is 4.79 Å². The van der Waals surface area contributed by atoms with Gasteiger partial charge in [0.15, 0.2) is 0 Å². The maximum atomic E-state index is 12.3. The van der Waals surface area contributed by atoms with Crippen LogP contribution in [0, 0.1) is 0 Å². The molecule has 0 saturated carbocycles. The zero-order chi connectivity index (χ0) is 16.3. The van der Waals surface area contributed by atoms with Crippen LogP contribution in [0.1, 0.15) is 33.7 Å². The molecule has 1 amide bonds. The lowest BCUT2D eigenvalue weighted by Crippen LogP contribution is -2.46. The summed E-state index contributed by atoms with van der Waals surface area (Å²) in [6.07, 6.45) is 1.66. The Bertz CT molecular complexity index is 584. The predicted molar refractivity (Wildman–Crippen MR) is 86.2 cm³/mol. The molecule has 7 nitrogen and oxygen atoms in total. The molecule has 0 aliphatic carbocycles. The number of piperazine rings is 1. The lowest BCUT2D eigenvalue weighted by molar-refractivity contribution is -0.125. The van der Waals surface area contributed by atoms with E-state index in [1.165, 1.54) is 4.68 Å². The van der Waals surface area contributed by atoms with Crippen molar-refractivity contribution in [3.05, 3.63) is 22.6 Å². The molecule has 2 rings (SSSR count). The van der Waals surface area contributed by atoms with E-state index in [2.05, 4.69) is 20.6 Å². The van der Waals surface area contributed by atoms with Crippen LogP contribution < -0.4 is 21.1 Å². The third kappa shape index (κ3) is 4.07. The molecule has 122 valence electrons. The third-order valence-electron chi connectivity index (χ3n) is 3.54. The highest BCUT2D eigenvalue weighted by atomic mass is 16.2. The van der Waals surface area contributed by atoms with Gasteiger partial charge in [-0.3, -0.25) is 9.59 Å². The molecule has 1 aromatic rings. The highest BCUT2D eigenvalue weighted by Gasteiger charge is 2.22. The molecule has 1 aliphatic rings. The van der Waals surface area contributed by atoms with Crippen LogP contribution in [0.3, 0.4) is 0 Å². The third-order valence-corrected chi connectivity index (χ3v) is 3.54. The molecule has 1 atom stereocenters. The van der Waals surface area contributed by atoms with Gasteiger partial charge in [-0.15, -0.1) is 0 Å². The van der Waals surface area contributed by atoms with Crippen molar-refractivity contribution in [2.24, 2.45) is 0 Å². The molecule has 7 heteroatoms. The van der Waals surface area contributed by atoms with Crippen molar-refractivity contribution in [1.82, 2.24) is 20.4 Å². The van der Waals surface area contributed by atoms with Crippen molar-refractivity contribution in [3.63, 3.8) is 0 Å². The Morgan fingerprint density at radius 1 is 1.36 bits per heavy atom. The van der Waals surface area contributed by atoms with Crippen molar-refractivity contribution in [3.8, 4) is 0 Å². The van der Waals surface area contributed by atoms with Crippen LogP contribution in [0.25, 0.3) is 0 Å². The van der Waals surface area contributed by atoms with Gasteiger partial charge in [-0.05, 0) is 27.7 Å². The smallest absolute Gasteiger partial charge is 0.269 e. The number of aromatic nitrogens is 2. The van der Waals surface area contributed by atoms with E-state index in [1.807, 2.05) is 20.8 Å². The Morgan fingerprint density at radius 3 is 2.55 bits per heavy atom. The molecule has 1 saturated heterocycles. The second kappa shape index (κ2) is 6.48. The van der Waals surface area contributed by atoms with Crippen molar-refractivity contribution in [2.45, 2.75) is 39.3 Å². The minimum atomic E-state index is -0.635. The average molecular weight is 307 g/mol. The largest absolute Gasteiger partial charge is 0.368 e. The highest BCUT2D eigenvalue weighted by Crippen LogP contribution is 2.12. The number of hydrogen-bond acceptors (Lipinski definition) is 5. The van der Waals surface area contributed by atoms with Crippen LogP contribution in [-0.4, -0.2) is 47.4 Å². The number of nitrogens with one attached hydrogen (secondary N) is 2. The molecule has 0 spiro atoms. The van der Waals surface area contributed by atoms with Crippen LogP contribution >= 0.6 is 0 Å². The maximum absolute atomic E-state index is 12.3. The van der Waals surface area contributed by atoms with E-state index in [9.17, 15) is 9.59 Å². The van der Waals surface area contributed by atoms with Gasteiger partial charge in [0.05, 0.1) is 11.9 Å². The predicted octanol–water partition coefficient (Wildman–Crippen LogP) is 0.129. The van der Waals surface area contributed by atoms with Gasteiger partial charge in [-0.25, -0.2) is 4.68 Å². The highest BCUT2D eigenvalue weighted by molar-refractivity contribution is 5.80. The summed E-state index contributed by atoms with van der Waals surface area (Å²) in [5, 5.41) is 10.3. The summed E-state index contributed by atoms with van der Waals surface area (Å²) in [6, 6.07) is 0.919. The Balaban J connectivity index is 2.15. The van der Waals surface area contributed by atoms with Gasteiger partial charge in [0, 0.05) is 37.8 Å². The zero-order valence-corrected chi connectivity index (χ0v) is 13.7. The standard InChI is InChI=1S/C15H25N5O2/c1-11(14(22)18-15(2,3)4)20-13(21)9-12(10-17-20)19-7-5-16-6-8-19/h9-11,16H,5-8H2,1-4H3,(H,18,22). The first-order chi connectivity index (χ1) is 10.3. The lowest BCUT2D eigenvalue weighted by atomic mass is 10.1. The van der Waals surface area contributed by atoms with E-state index in [0.29, 0.717) is 0 Å². The molecule has 2 N–H and O–H groups in total. The first kappa shape index (κ1) is 16.5. The zero-order valence-electron chi connectivity index (χ0n) is 13.7. The number of carbonyl (C=O) groups excluding carboxylic acids is 1. The Hall–Kier alpha value is -1.89. The van der Waals surface area contributed by atoms with Crippen LogP contribution in [0.15, 0.2) is 17.1 Å². The molecule has 1 aromatic heterocycles. The second-order valence-electron chi connectivity index (χ2n) is 6.65. The summed E-state index contributed by atoms with van der Waals surface area (Å²) in [6.45, 7) is 10.9. The monoisotopic (exact) mass is 307 g/mol. The summed E-state index contributed by atoms with van der Waals surface area (Å²) in [5.74, 6) is -0.211. The minimum absolute atomic E-state index is 0.211. The molecule has 0 aromatic carbocycles. The molecule has 1 aliphatic heterocycles. The SMILES string of the molecule is CC(C(=O)NC(C)(C)C)n1ncc(N2CCNCC2)cc1=O. The second-order valence-corrected chi connectivity index (χ2v) is 6.65. The van der Waals surface area contributed by atoms with Crippen molar-refractivity contribution < 1.29 is 4.79 Å². The molecule has 2 heterocycles. The first-order valence-electron chi connectivity index (χ1n) is 7.64. The quantitative estimate of drug-likeness (QED) is 0.830. The molecule has 0 bridgehead atoms. The fraction of sp³-hybridized carbons (Fsp3) is 0.667. The molecule has 0 radical (unpaired) electrons. The van der Waals surface area contributed by atoms with Gasteiger partial charge in [0.1, 0.15) is 6.04 Å². The Labute approximate surface area is 130 Å².